The summed E-state index contributed by atoms with van der Waals surface area (Å²) in [5, 5.41) is 1.48. The largest absolute Gasteiger partial charge is 0.397 e. The Balaban J connectivity index is 1.95. The van der Waals surface area contributed by atoms with Gasteiger partial charge in [-0.2, -0.15) is 0 Å². The molecule has 2 heterocycles. The number of amides is 1. The van der Waals surface area contributed by atoms with Crippen LogP contribution in [0.4, 0.5) is 5.69 Å². The van der Waals surface area contributed by atoms with Crippen molar-refractivity contribution in [3.63, 3.8) is 0 Å². The molecule has 0 saturated carbocycles. The zero-order valence-electron chi connectivity index (χ0n) is 13.9. The van der Waals surface area contributed by atoms with Crippen molar-refractivity contribution in [2.75, 3.05) is 12.3 Å². The SMILES string of the molecule is CCCN1Cc2nc3c(-c4cccc(Cl)c4)cccc3c(N)c2C1=O. The predicted molar refractivity (Wildman–Crippen MR) is 102 cm³/mol. The number of para-hydroxylation sites is 1. The molecule has 4 rings (SSSR count). The lowest BCUT2D eigenvalue weighted by Crippen LogP contribution is -2.24. The number of nitrogen functional groups attached to an aromatic ring is 1. The first kappa shape index (κ1) is 15.9. The van der Waals surface area contributed by atoms with Crippen LogP contribution in [-0.4, -0.2) is 22.3 Å². The summed E-state index contributed by atoms with van der Waals surface area (Å²) in [6.45, 7) is 3.29. The van der Waals surface area contributed by atoms with E-state index < -0.39 is 0 Å². The maximum atomic E-state index is 12.6. The highest BCUT2D eigenvalue weighted by atomic mass is 35.5. The second-order valence-electron chi connectivity index (χ2n) is 6.29. The van der Waals surface area contributed by atoms with Gasteiger partial charge in [0, 0.05) is 22.5 Å². The van der Waals surface area contributed by atoms with Gasteiger partial charge in [-0.1, -0.05) is 48.9 Å². The zero-order valence-corrected chi connectivity index (χ0v) is 14.7. The number of hydrogen-bond acceptors (Lipinski definition) is 3. The normalized spacial score (nSPS) is 13.5. The number of nitrogens with zero attached hydrogens (tertiary/aromatic N) is 2. The number of benzene rings is 2. The van der Waals surface area contributed by atoms with Gasteiger partial charge in [-0.3, -0.25) is 4.79 Å². The molecular weight excluding hydrogens is 334 g/mol. The predicted octanol–water partition coefficient (Wildman–Crippen LogP) is 4.50. The summed E-state index contributed by atoms with van der Waals surface area (Å²) in [5.74, 6) is -0.0168. The summed E-state index contributed by atoms with van der Waals surface area (Å²) in [4.78, 5) is 19.3. The maximum Gasteiger partial charge on any atom is 0.258 e. The van der Waals surface area contributed by atoms with Gasteiger partial charge in [0.15, 0.2) is 0 Å². The fourth-order valence-electron chi connectivity index (χ4n) is 3.47. The van der Waals surface area contributed by atoms with Crippen molar-refractivity contribution in [2.24, 2.45) is 0 Å². The molecule has 25 heavy (non-hydrogen) atoms. The Kier molecular flexibility index (Phi) is 3.85. The first-order valence-corrected chi connectivity index (χ1v) is 8.74. The Labute approximate surface area is 151 Å². The van der Waals surface area contributed by atoms with E-state index in [0.717, 1.165) is 34.1 Å². The quantitative estimate of drug-likeness (QED) is 0.755. The van der Waals surface area contributed by atoms with E-state index in [-0.39, 0.29) is 5.91 Å². The Bertz CT molecular complexity index is 1000. The van der Waals surface area contributed by atoms with Gasteiger partial charge >= 0.3 is 0 Å². The highest BCUT2D eigenvalue weighted by Crippen LogP contribution is 2.36. The molecule has 0 spiro atoms. The second-order valence-corrected chi connectivity index (χ2v) is 6.72. The van der Waals surface area contributed by atoms with Gasteiger partial charge in [-0.05, 0) is 24.1 Å². The molecular formula is C20H18ClN3O. The van der Waals surface area contributed by atoms with Crippen molar-refractivity contribution in [1.82, 2.24) is 9.88 Å². The van der Waals surface area contributed by atoms with E-state index in [2.05, 4.69) is 6.92 Å². The third-order valence-electron chi connectivity index (χ3n) is 4.60. The van der Waals surface area contributed by atoms with E-state index in [4.69, 9.17) is 22.3 Å². The van der Waals surface area contributed by atoms with Crippen molar-refractivity contribution in [3.8, 4) is 11.1 Å². The van der Waals surface area contributed by atoms with E-state index in [0.29, 0.717) is 29.4 Å². The summed E-state index contributed by atoms with van der Waals surface area (Å²) >= 11 is 6.15. The van der Waals surface area contributed by atoms with Gasteiger partial charge in [-0.15, -0.1) is 0 Å². The third-order valence-corrected chi connectivity index (χ3v) is 4.84. The van der Waals surface area contributed by atoms with Gasteiger partial charge in [0.25, 0.3) is 5.91 Å². The minimum absolute atomic E-state index is 0.0168. The molecule has 4 nitrogen and oxygen atoms in total. The lowest BCUT2D eigenvalue weighted by Gasteiger charge is -2.13. The number of pyridine rings is 1. The zero-order chi connectivity index (χ0) is 17.6. The number of fused-ring (bicyclic) bond motifs is 2. The number of halogens is 1. The Morgan fingerprint density at radius 3 is 2.80 bits per heavy atom. The number of carbonyl (C=O) groups excluding carboxylic acids is 1. The average Bonchev–Trinajstić information content (AvgIpc) is 2.91. The van der Waals surface area contributed by atoms with Gasteiger partial charge in [-0.25, -0.2) is 4.98 Å². The van der Waals surface area contributed by atoms with Crippen LogP contribution < -0.4 is 5.73 Å². The Hall–Kier alpha value is -2.59. The number of nitrogens with two attached hydrogens (primary N) is 1. The van der Waals surface area contributed by atoms with Crippen molar-refractivity contribution < 1.29 is 4.79 Å². The second kappa shape index (κ2) is 6.05. The van der Waals surface area contributed by atoms with Gasteiger partial charge in [0.2, 0.25) is 0 Å². The van der Waals surface area contributed by atoms with Gasteiger partial charge < -0.3 is 10.6 Å². The van der Waals surface area contributed by atoms with Crippen LogP contribution in [0, 0.1) is 0 Å². The summed E-state index contributed by atoms with van der Waals surface area (Å²) < 4.78 is 0. The van der Waals surface area contributed by atoms with E-state index in [1.54, 1.807) is 0 Å². The summed E-state index contributed by atoms with van der Waals surface area (Å²) in [7, 11) is 0. The highest BCUT2D eigenvalue weighted by Gasteiger charge is 2.31. The molecule has 2 N–H and O–H groups in total. The minimum Gasteiger partial charge on any atom is -0.397 e. The minimum atomic E-state index is -0.0168. The first-order valence-electron chi connectivity index (χ1n) is 8.36. The Morgan fingerprint density at radius 2 is 2.04 bits per heavy atom. The van der Waals surface area contributed by atoms with Crippen LogP contribution in [0.25, 0.3) is 22.0 Å². The molecule has 0 unspecified atom stereocenters. The van der Waals surface area contributed by atoms with Gasteiger partial charge in [0.1, 0.15) is 0 Å². The molecule has 3 aromatic rings. The van der Waals surface area contributed by atoms with Crippen LogP contribution in [0.2, 0.25) is 5.02 Å². The summed E-state index contributed by atoms with van der Waals surface area (Å²) in [5.41, 5.74) is 11.0. The molecule has 0 bridgehead atoms. The fraction of sp³-hybridized carbons (Fsp3) is 0.200. The smallest absolute Gasteiger partial charge is 0.258 e. The van der Waals surface area contributed by atoms with Crippen LogP contribution in [-0.2, 0) is 6.54 Å². The van der Waals surface area contributed by atoms with Crippen molar-refractivity contribution in [1.29, 1.82) is 0 Å². The molecule has 1 aromatic heterocycles. The maximum absolute atomic E-state index is 12.6. The van der Waals surface area contributed by atoms with Crippen molar-refractivity contribution in [2.45, 2.75) is 19.9 Å². The third kappa shape index (κ3) is 2.53. The number of hydrogen-bond donors (Lipinski definition) is 1. The van der Waals surface area contributed by atoms with Gasteiger partial charge in [0.05, 0.1) is 29.0 Å². The van der Waals surface area contributed by atoms with Crippen LogP contribution in [0.5, 0.6) is 0 Å². The molecule has 0 saturated heterocycles. The number of aromatic nitrogens is 1. The monoisotopic (exact) mass is 351 g/mol. The molecule has 126 valence electrons. The van der Waals surface area contributed by atoms with E-state index >= 15 is 0 Å². The lowest BCUT2D eigenvalue weighted by molar-refractivity contribution is 0.0779. The number of anilines is 1. The van der Waals surface area contributed by atoms with E-state index in [9.17, 15) is 4.79 Å². The molecule has 5 heteroatoms. The lowest BCUT2D eigenvalue weighted by atomic mass is 9.99. The first-order chi connectivity index (χ1) is 12.1. The number of rotatable bonds is 3. The fourth-order valence-corrected chi connectivity index (χ4v) is 3.66. The summed E-state index contributed by atoms with van der Waals surface area (Å²) in [6.07, 6.45) is 0.910. The topological polar surface area (TPSA) is 59.2 Å². The molecule has 0 aliphatic carbocycles. The molecule has 1 amide bonds. The molecule has 0 radical (unpaired) electrons. The van der Waals surface area contributed by atoms with Crippen molar-refractivity contribution in [3.05, 3.63) is 58.7 Å². The average molecular weight is 352 g/mol. The standard InChI is InChI=1S/C20H18ClN3O/c1-2-9-24-11-16-17(20(24)25)18(22)15-8-4-7-14(19(15)23-16)12-5-3-6-13(21)10-12/h3-8,10H,2,9,11H2,1H3,(H2,22,23). The molecule has 1 aliphatic heterocycles. The number of carbonyl (C=O) groups is 1. The van der Waals surface area contributed by atoms with Crippen LogP contribution in [0.3, 0.4) is 0 Å². The van der Waals surface area contributed by atoms with Crippen molar-refractivity contribution >= 4 is 34.1 Å². The van der Waals surface area contributed by atoms with E-state index in [1.165, 1.54) is 0 Å². The Morgan fingerprint density at radius 1 is 1.24 bits per heavy atom. The molecule has 0 atom stereocenters. The summed E-state index contributed by atoms with van der Waals surface area (Å²) in [6, 6.07) is 13.5. The van der Waals surface area contributed by atoms with Crippen LogP contribution in [0.15, 0.2) is 42.5 Å². The molecule has 1 aliphatic rings. The molecule has 2 aromatic carbocycles. The van der Waals surface area contributed by atoms with Crippen LogP contribution >= 0.6 is 11.6 Å². The molecule has 0 fully saturated rings. The highest BCUT2D eigenvalue weighted by molar-refractivity contribution is 6.31. The van der Waals surface area contributed by atoms with E-state index in [1.807, 2.05) is 47.4 Å². The van der Waals surface area contributed by atoms with Crippen LogP contribution in [0.1, 0.15) is 29.4 Å².